The highest BCUT2D eigenvalue weighted by atomic mass is 32.1. The minimum atomic E-state index is -0.877. The van der Waals surface area contributed by atoms with E-state index in [2.05, 4.69) is 4.37 Å². The first-order valence-electron chi connectivity index (χ1n) is 6.70. The lowest BCUT2D eigenvalue weighted by Gasteiger charge is -2.06. The molecule has 3 aromatic rings. The van der Waals surface area contributed by atoms with Gasteiger partial charge < -0.3 is 10.2 Å². The summed E-state index contributed by atoms with van der Waals surface area (Å²) in [6.07, 6.45) is -0.0556. The molecule has 2 N–H and O–H groups in total. The van der Waals surface area contributed by atoms with Crippen molar-refractivity contribution in [2.45, 2.75) is 6.42 Å². The third-order valence-corrected chi connectivity index (χ3v) is 4.12. The number of nitrogens with zero attached hydrogens (tertiary/aromatic N) is 1. The lowest BCUT2D eigenvalue weighted by Crippen LogP contribution is -1.99. The molecule has 0 radical (unpaired) electrons. The Hall–Kier alpha value is -2.66. The maximum absolute atomic E-state index is 11.1. The van der Waals surface area contributed by atoms with Gasteiger partial charge in [-0.05, 0) is 41.4 Å². The van der Waals surface area contributed by atoms with Gasteiger partial charge in [-0.2, -0.15) is 4.37 Å². The Morgan fingerprint density at radius 2 is 1.68 bits per heavy atom. The average molecular weight is 311 g/mol. The van der Waals surface area contributed by atoms with Gasteiger partial charge in [0.05, 0.1) is 12.1 Å². The molecule has 0 aliphatic carbocycles. The first kappa shape index (κ1) is 14.3. The number of hydrogen-bond donors (Lipinski definition) is 2. The van der Waals surface area contributed by atoms with Crippen LogP contribution in [-0.2, 0) is 11.2 Å². The molecule has 0 saturated heterocycles. The van der Waals surface area contributed by atoms with Gasteiger partial charge in [-0.25, -0.2) is 0 Å². The lowest BCUT2D eigenvalue weighted by atomic mass is 9.98. The Labute approximate surface area is 131 Å². The van der Waals surface area contributed by atoms with Crippen LogP contribution in [0.1, 0.15) is 4.88 Å². The molecular weight excluding hydrogens is 298 g/mol. The molecular formula is C17H13NO3S. The zero-order valence-corrected chi connectivity index (χ0v) is 12.4. The molecule has 0 unspecified atom stereocenters. The van der Waals surface area contributed by atoms with E-state index in [4.69, 9.17) is 5.11 Å². The number of benzene rings is 2. The van der Waals surface area contributed by atoms with Crippen LogP contribution in [0.4, 0.5) is 0 Å². The number of aliphatic carboxylic acids is 1. The number of rotatable bonds is 4. The van der Waals surface area contributed by atoms with Gasteiger partial charge in [0.25, 0.3) is 0 Å². The van der Waals surface area contributed by atoms with E-state index in [-0.39, 0.29) is 12.2 Å². The van der Waals surface area contributed by atoms with E-state index >= 15 is 0 Å². The SMILES string of the molecule is O=C(O)Cc1snc(-c2ccc(O)cc2)c1-c1ccccc1. The van der Waals surface area contributed by atoms with Gasteiger partial charge in [-0.3, -0.25) is 4.79 Å². The lowest BCUT2D eigenvalue weighted by molar-refractivity contribution is -0.136. The van der Waals surface area contributed by atoms with Crippen LogP contribution in [0.3, 0.4) is 0 Å². The summed E-state index contributed by atoms with van der Waals surface area (Å²) in [5.74, 6) is -0.691. The molecule has 4 nitrogen and oxygen atoms in total. The largest absolute Gasteiger partial charge is 0.508 e. The minimum Gasteiger partial charge on any atom is -0.508 e. The second-order valence-electron chi connectivity index (χ2n) is 4.81. The average Bonchev–Trinajstić information content (AvgIpc) is 2.91. The highest BCUT2D eigenvalue weighted by molar-refractivity contribution is 7.06. The van der Waals surface area contributed by atoms with Crippen molar-refractivity contribution < 1.29 is 15.0 Å². The molecule has 1 aromatic heterocycles. The monoisotopic (exact) mass is 311 g/mol. The fraction of sp³-hybridized carbons (Fsp3) is 0.0588. The molecule has 2 aromatic carbocycles. The second kappa shape index (κ2) is 5.99. The molecule has 0 atom stereocenters. The smallest absolute Gasteiger partial charge is 0.308 e. The summed E-state index contributed by atoms with van der Waals surface area (Å²) in [7, 11) is 0. The van der Waals surface area contributed by atoms with Gasteiger partial charge in [0, 0.05) is 16.0 Å². The Morgan fingerprint density at radius 1 is 1.00 bits per heavy atom. The molecule has 3 rings (SSSR count). The standard InChI is InChI=1S/C17H13NO3S/c19-13-8-6-12(7-9-13)17-16(11-4-2-1-3-5-11)14(22-18-17)10-15(20)21/h1-9,19H,10H2,(H,20,21). The first-order chi connectivity index (χ1) is 10.6. The maximum Gasteiger partial charge on any atom is 0.308 e. The van der Waals surface area contributed by atoms with Crippen molar-refractivity contribution in [1.29, 1.82) is 0 Å². The van der Waals surface area contributed by atoms with Crippen LogP contribution in [-0.4, -0.2) is 20.6 Å². The molecule has 5 heteroatoms. The number of carboxylic acids is 1. The molecule has 0 amide bonds. The Balaban J connectivity index is 2.16. The van der Waals surface area contributed by atoms with Crippen molar-refractivity contribution in [2.24, 2.45) is 0 Å². The van der Waals surface area contributed by atoms with E-state index in [0.29, 0.717) is 0 Å². The summed E-state index contributed by atoms with van der Waals surface area (Å²) in [6.45, 7) is 0. The molecule has 1 heterocycles. The van der Waals surface area contributed by atoms with E-state index in [9.17, 15) is 9.90 Å². The summed E-state index contributed by atoms with van der Waals surface area (Å²) in [4.78, 5) is 11.8. The number of carbonyl (C=O) groups is 1. The van der Waals surface area contributed by atoms with Crippen molar-refractivity contribution in [2.75, 3.05) is 0 Å². The number of hydrogen-bond acceptors (Lipinski definition) is 4. The van der Waals surface area contributed by atoms with Gasteiger partial charge in [-0.1, -0.05) is 30.3 Å². The Morgan fingerprint density at radius 3 is 2.32 bits per heavy atom. The highest BCUT2D eigenvalue weighted by Gasteiger charge is 2.18. The molecule has 0 bridgehead atoms. The van der Waals surface area contributed by atoms with Crippen molar-refractivity contribution >= 4 is 17.5 Å². The predicted molar refractivity (Wildman–Crippen MR) is 86.0 cm³/mol. The van der Waals surface area contributed by atoms with Crippen LogP contribution in [0.15, 0.2) is 54.6 Å². The fourth-order valence-corrected chi connectivity index (χ4v) is 3.19. The molecule has 0 aliphatic heterocycles. The zero-order chi connectivity index (χ0) is 15.5. The van der Waals surface area contributed by atoms with Crippen LogP contribution in [0.2, 0.25) is 0 Å². The fourth-order valence-electron chi connectivity index (χ4n) is 2.30. The van der Waals surface area contributed by atoms with E-state index in [1.807, 2.05) is 30.3 Å². The molecule has 0 spiro atoms. The van der Waals surface area contributed by atoms with Gasteiger partial charge in [0.2, 0.25) is 0 Å². The van der Waals surface area contributed by atoms with Crippen LogP contribution in [0, 0.1) is 0 Å². The van der Waals surface area contributed by atoms with E-state index in [0.717, 1.165) is 27.3 Å². The van der Waals surface area contributed by atoms with Crippen molar-refractivity contribution in [3.05, 3.63) is 59.5 Å². The van der Waals surface area contributed by atoms with E-state index in [1.54, 1.807) is 24.3 Å². The quantitative estimate of drug-likeness (QED) is 0.768. The number of aromatic nitrogens is 1. The molecule has 110 valence electrons. The summed E-state index contributed by atoms with van der Waals surface area (Å²) in [5.41, 5.74) is 3.38. The normalized spacial score (nSPS) is 10.5. The second-order valence-corrected chi connectivity index (χ2v) is 5.67. The van der Waals surface area contributed by atoms with Crippen LogP contribution >= 0.6 is 11.5 Å². The number of phenols is 1. The summed E-state index contributed by atoms with van der Waals surface area (Å²) in [6, 6.07) is 16.4. The van der Waals surface area contributed by atoms with Crippen LogP contribution in [0.5, 0.6) is 5.75 Å². The van der Waals surface area contributed by atoms with Crippen molar-refractivity contribution in [3.8, 4) is 28.1 Å². The third-order valence-electron chi connectivity index (χ3n) is 3.28. The molecule has 22 heavy (non-hydrogen) atoms. The molecule has 0 saturated carbocycles. The van der Waals surface area contributed by atoms with Crippen LogP contribution in [0.25, 0.3) is 22.4 Å². The van der Waals surface area contributed by atoms with E-state index in [1.165, 1.54) is 11.5 Å². The predicted octanol–water partition coefficient (Wildman–Crippen LogP) is 3.81. The minimum absolute atomic E-state index is 0.0556. The van der Waals surface area contributed by atoms with E-state index < -0.39 is 5.97 Å². The maximum atomic E-state index is 11.1. The summed E-state index contributed by atoms with van der Waals surface area (Å²) < 4.78 is 4.44. The third kappa shape index (κ3) is 2.84. The topological polar surface area (TPSA) is 70.4 Å². The Bertz CT molecular complexity index is 795. The molecule has 0 fully saturated rings. The van der Waals surface area contributed by atoms with Crippen LogP contribution < -0.4 is 0 Å². The number of phenolic OH excluding ortho intramolecular Hbond substituents is 1. The number of aromatic hydroxyl groups is 1. The summed E-state index contributed by atoms with van der Waals surface area (Å²) >= 11 is 1.21. The van der Waals surface area contributed by atoms with Gasteiger partial charge in [0.15, 0.2) is 0 Å². The Kier molecular flexibility index (Phi) is 3.89. The zero-order valence-electron chi connectivity index (χ0n) is 11.6. The highest BCUT2D eigenvalue weighted by Crippen LogP contribution is 2.37. The van der Waals surface area contributed by atoms with Crippen molar-refractivity contribution in [3.63, 3.8) is 0 Å². The first-order valence-corrected chi connectivity index (χ1v) is 7.47. The number of carboxylic acid groups (broad SMARTS) is 1. The van der Waals surface area contributed by atoms with Crippen molar-refractivity contribution in [1.82, 2.24) is 4.37 Å². The molecule has 0 aliphatic rings. The van der Waals surface area contributed by atoms with Gasteiger partial charge in [0.1, 0.15) is 5.75 Å². The van der Waals surface area contributed by atoms with Gasteiger partial charge >= 0.3 is 5.97 Å². The summed E-state index contributed by atoms with van der Waals surface area (Å²) in [5, 5.41) is 18.5. The van der Waals surface area contributed by atoms with Gasteiger partial charge in [-0.15, -0.1) is 0 Å².